The highest BCUT2D eigenvalue weighted by Gasteiger charge is 2.27. The van der Waals surface area contributed by atoms with Crippen molar-refractivity contribution in [3.05, 3.63) is 24.3 Å². The highest BCUT2D eigenvalue weighted by Crippen LogP contribution is 2.31. The van der Waals surface area contributed by atoms with Crippen LogP contribution in [0.3, 0.4) is 0 Å². The van der Waals surface area contributed by atoms with Gasteiger partial charge in [0, 0.05) is 25.4 Å². The molecule has 2 aliphatic rings. The van der Waals surface area contributed by atoms with E-state index in [2.05, 4.69) is 6.92 Å². The van der Waals surface area contributed by atoms with E-state index < -0.39 is 0 Å². The topological polar surface area (TPSA) is 49.9 Å². The van der Waals surface area contributed by atoms with Gasteiger partial charge in [-0.1, -0.05) is 19.1 Å². The minimum atomic E-state index is 0.00385. The Morgan fingerprint density at radius 1 is 1.12 bits per heavy atom. The Kier molecular flexibility index (Phi) is 5.38. The largest absolute Gasteiger partial charge is 0.490 e. The van der Waals surface area contributed by atoms with Gasteiger partial charge in [-0.15, -0.1) is 0 Å². The van der Waals surface area contributed by atoms with Gasteiger partial charge < -0.3 is 14.5 Å². The van der Waals surface area contributed by atoms with Gasteiger partial charge in [-0.25, -0.2) is 0 Å². The van der Waals surface area contributed by atoms with E-state index in [0.717, 1.165) is 37.2 Å². The molecule has 130 valence electrons. The van der Waals surface area contributed by atoms with Crippen molar-refractivity contribution in [2.45, 2.75) is 51.5 Å². The first-order valence-corrected chi connectivity index (χ1v) is 9.02. The van der Waals surface area contributed by atoms with Crippen molar-refractivity contribution in [2.24, 2.45) is 0 Å². The highest BCUT2D eigenvalue weighted by atomic mass is 16.5. The Hall–Kier alpha value is -2.04. The first kappa shape index (κ1) is 16.8. The zero-order chi connectivity index (χ0) is 16.9. The van der Waals surface area contributed by atoms with Crippen molar-refractivity contribution in [1.29, 1.82) is 0 Å². The fourth-order valence-electron chi connectivity index (χ4n) is 3.67. The second-order valence-electron chi connectivity index (χ2n) is 6.51. The number of hydrogen-bond donors (Lipinski definition) is 0. The van der Waals surface area contributed by atoms with Gasteiger partial charge >= 0.3 is 0 Å². The van der Waals surface area contributed by atoms with Crippen LogP contribution in [0.4, 0.5) is 5.69 Å². The van der Waals surface area contributed by atoms with Crippen molar-refractivity contribution in [3.8, 4) is 5.75 Å². The Morgan fingerprint density at radius 3 is 2.75 bits per heavy atom. The van der Waals surface area contributed by atoms with Crippen LogP contribution < -0.4 is 9.64 Å². The highest BCUT2D eigenvalue weighted by molar-refractivity contribution is 5.97. The van der Waals surface area contributed by atoms with Crippen molar-refractivity contribution < 1.29 is 14.3 Å². The monoisotopic (exact) mass is 330 g/mol. The van der Waals surface area contributed by atoms with Gasteiger partial charge in [0.15, 0.2) is 0 Å². The average molecular weight is 330 g/mol. The molecule has 2 amide bonds. The first-order chi connectivity index (χ1) is 11.7. The van der Waals surface area contributed by atoms with E-state index in [1.54, 1.807) is 4.90 Å². The van der Waals surface area contributed by atoms with E-state index in [1.807, 2.05) is 29.2 Å². The lowest BCUT2D eigenvalue weighted by Crippen LogP contribution is -2.44. The summed E-state index contributed by atoms with van der Waals surface area (Å²) in [7, 11) is 0. The standard InChI is InChI=1S/C19H26N2O3/c1-2-15-7-5-6-12-20(15)18(22)10-11-19(23)21-13-14-24-17-9-4-3-8-16(17)21/h3-4,8-9,15H,2,5-7,10-14H2,1H3. The lowest BCUT2D eigenvalue weighted by molar-refractivity contribution is -0.136. The maximum Gasteiger partial charge on any atom is 0.227 e. The second kappa shape index (κ2) is 7.69. The number of fused-ring (bicyclic) bond motifs is 1. The number of carbonyl (C=O) groups is 2. The van der Waals surface area contributed by atoms with Gasteiger partial charge in [0.05, 0.1) is 12.2 Å². The van der Waals surface area contributed by atoms with E-state index in [-0.39, 0.29) is 18.2 Å². The predicted molar refractivity (Wildman–Crippen MR) is 93.2 cm³/mol. The Balaban J connectivity index is 1.59. The molecule has 0 aliphatic carbocycles. The van der Waals surface area contributed by atoms with E-state index in [1.165, 1.54) is 6.42 Å². The van der Waals surface area contributed by atoms with Crippen molar-refractivity contribution in [2.75, 3.05) is 24.6 Å². The fraction of sp³-hybridized carbons (Fsp3) is 0.579. The second-order valence-corrected chi connectivity index (χ2v) is 6.51. The maximum absolute atomic E-state index is 12.6. The molecule has 2 heterocycles. The van der Waals surface area contributed by atoms with Crippen LogP contribution in [0.15, 0.2) is 24.3 Å². The van der Waals surface area contributed by atoms with Gasteiger partial charge in [0.2, 0.25) is 11.8 Å². The van der Waals surface area contributed by atoms with Crippen LogP contribution in [0.25, 0.3) is 0 Å². The molecule has 0 bridgehead atoms. The summed E-state index contributed by atoms with van der Waals surface area (Å²) in [6, 6.07) is 7.92. The van der Waals surface area contributed by atoms with E-state index in [0.29, 0.717) is 25.6 Å². The number of likely N-dealkylation sites (tertiary alicyclic amines) is 1. The van der Waals surface area contributed by atoms with Crippen LogP contribution in [0, 0.1) is 0 Å². The molecule has 0 radical (unpaired) electrons. The van der Waals surface area contributed by atoms with Gasteiger partial charge in [0.1, 0.15) is 12.4 Å². The van der Waals surface area contributed by atoms with Crippen molar-refractivity contribution >= 4 is 17.5 Å². The number of para-hydroxylation sites is 2. The number of benzene rings is 1. The lowest BCUT2D eigenvalue weighted by Gasteiger charge is -2.35. The molecular weight excluding hydrogens is 304 g/mol. The van der Waals surface area contributed by atoms with Gasteiger partial charge in [-0.2, -0.15) is 0 Å². The quantitative estimate of drug-likeness (QED) is 0.853. The van der Waals surface area contributed by atoms with Crippen LogP contribution in [0.1, 0.15) is 45.4 Å². The first-order valence-electron chi connectivity index (χ1n) is 9.02. The van der Waals surface area contributed by atoms with Gasteiger partial charge in [-0.3, -0.25) is 9.59 Å². The molecule has 0 aromatic heterocycles. The molecule has 2 aliphatic heterocycles. The molecule has 5 nitrogen and oxygen atoms in total. The van der Waals surface area contributed by atoms with E-state index >= 15 is 0 Å². The molecule has 1 aromatic rings. The molecule has 3 rings (SSSR count). The minimum absolute atomic E-state index is 0.00385. The Bertz CT molecular complexity index is 602. The van der Waals surface area contributed by atoms with Crippen LogP contribution in [0.5, 0.6) is 5.75 Å². The number of anilines is 1. The molecule has 0 saturated carbocycles. The molecule has 5 heteroatoms. The number of piperidine rings is 1. The third kappa shape index (κ3) is 3.55. The normalized spacial score (nSPS) is 20.3. The number of amides is 2. The molecule has 1 fully saturated rings. The Morgan fingerprint density at radius 2 is 1.92 bits per heavy atom. The summed E-state index contributed by atoms with van der Waals surface area (Å²) in [6.45, 7) is 4.02. The van der Waals surface area contributed by atoms with Crippen LogP contribution in [0.2, 0.25) is 0 Å². The molecule has 1 aromatic carbocycles. The molecule has 24 heavy (non-hydrogen) atoms. The summed E-state index contributed by atoms with van der Waals surface area (Å²) >= 11 is 0. The molecule has 1 unspecified atom stereocenters. The van der Waals surface area contributed by atoms with Crippen molar-refractivity contribution in [3.63, 3.8) is 0 Å². The summed E-state index contributed by atoms with van der Waals surface area (Å²) < 4.78 is 5.58. The van der Waals surface area contributed by atoms with Gasteiger partial charge in [0.25, 0.3) is 0 Å². The third-order valence-corrected chi connectivity index (χ3v) is 5.00. The molecule has 0 N–H and O–H groups in total. The zero-order valence-corrected chi connectivity index (χ0v) is 14.4. The lowest BCUT2D eigenvalue weighted by atomic mass is 9.99. The average Bonchev–Trinajstić information content (AvgIpc) is 2.65. The van der Waals surface area contributed by atoms with Gasteiger partial charge in [-0.05, 0) is 37.8 Å². The summed E-state index contributed by atoms with van der Waals surface area (Å²) in [5.74, 6) is 0.867. The number of rotatable bonds is 4. The number of ether oxygens (including phenoxy) is 1. The molecule has 0 spiro atoms. The van der Waals surface area contributed by atoms with E-state index in [9.17, 15) is 9.59 Å². The number of hydrogen-bond acceptors (Lipinski definition) is 3. The Labute approximate surface area is 143 Å². The molecule has 1 saturated heterocycles. The third-order valence-electron chi connectivity index (χ3n) is 5.00. The number of nitrogens with zero attached hydrogens (tertiary/aromatic N) is 2. The SMILES string of the molecule is CCC1CCCCN1C(=O)CCC(=O)N1CCOc2ccccc21. The summed E-state index contributed by atoms with van der Waals surface area (Å²) in [5.41, 5.74) is 0.811. The zero-order valence-electron chi connectivity index (χ0n) is 14.4. The molecular formula is C19H26N2O3. The van der Waals surface area contributed by atoms with E-state index in [4.69, 9.17) is 4.74 Å². The summed E-state index contributed by atoms with van der Waals surface area (Å²) in [4.78, 5) is 28.9. The fourth-order valence-corrected chi connectivity index (χ4v) is 3.67. The minimum Gasteiger partial charge on any atom is -0.490 e. The summed E-state index contributed by atoms with van der Waals surface area (Å²) in [5, 5.41) is 0. The maximum atomic E-state index is 12.6. The van der Waals surface area contributed by atoms with Crippen LogP contribution in [-0.4, -0.2) is 42.5 Å². The predicted octanol–water partition coefficient (Wildman–Crippen LogP) is 2.98. The number of carbonyl (C=O) groups excluding carboxylic acids is 2. The molecule has 1 atom stereocenters. The van der Waals surface area contributed by atoms with Crippen LogP contribution >= 0.6 is 0 Å². The summed E-state index contributed by atoms with van der Waals surface area (Å²) in [6.07, 6.45) is 4.93. The van der Waals surface area contributed by atoms with Crippen LogP contribution in [-0.2, 0) is 9.59 Å². The smallest absolute Gasteiger partial charge is 0.227 e. The van der Waals surface area contributed by atoms with Crippen molar-refractivity contribution in [1.82, 2.24) is 4.90 Å².